The minimum atomic E-state index is -1.26. The highest BCUT2D eigenvalue weighted by Gasteiger charge is 2.54. The first-order chi connectivity index (χ1) is 6.86. The van der Waals surface area contributed by atoms with Gasteiger partial charge < -0.3 is 14.9 Å². The smallest absolute Gasteiger partial charge is 0.312 e. The zero-order valence-corrected chi connectivity index (χ0v) is 9.62. The van der Waals surface area contributed by atoms with Crippen molar-refractivity contribution in [3.05, 3.63) is 0 Å². The average molecular weight is 216 g/mol. The number of rotatable bonds is 3. The number of aliphatic carboxylic acids is 1. The van der Waals surface area contributed by atoms with Crippen LogP contribution in [0.3, 0.4) is 0 Å². The van der Waals surface area contributed by atoms with Crippen LogP contribution >= 0.6 is 0 Å². The zero-order chi connectivity index (χ0) is 11.7. The van der Waals surface area contributed by atoms with Crippen molar-refractivity contribution < 1.29 is 19.7 Å². The van der Waals surface area contributed by atoms with Crippen LogP contribution in [0, 0.1) is 5.41 Å². The molecular formula is C11H20O4. The van der Waals surface area contributed by atoms with Gasteiger partial charge in [-0.15, -0.1) is 0 Å². The summed E-state index contributed by atoms with van der Waals surface area (Å²) in [4.78, 5) is 11.2. The van der Waals surface area contributed by atoms with E-state index in [1.807, 2.05) is 0 Å². The maximum Gasteiger partial charge on any atom is 0.312 e. The molecule has 0 spiro atoms. The summed E-state index contributed by atoms with van der Waals surface area (Å²) in [5, 5.41) is 19.7. The Hall–Kier alpha value is -0.610. The van der Waals surface area contributed by atoms with Crippen LogP contribution in [-0.2, 0) is 9.53 Å². The van der Waals surface area contributed by atoms with Gasteiger partial charge in [0.05, 0.1) is 11.5 Å². The van der Waals surface area contributed by atoms with Crippen molar-refractivity contribution in [2.24, 2.45) is 5.41 Å². The lowest BCUT2D eigenvalue weighted by Crippen LogP contribution is -2.59. The first-order valence-corrected chi connectivity index (χ1v) is 5.35. The molecule has 1 fully saturated rings. The van der Waals surface area contributed by atoms with Gasteiger partial charge in [0.15, 0.2) is 0 Å². The van der Waals surface area contributed by atoms with Crippen LogP contribution in [-0.4, -0.2) is 35.0 Å². The van der Waals surface area contributed by atoms with Gasteiger partial charge in [0.25, 0.3) is 0 Å². The Morgan fingerprint density at radius 2 is 2.07 bits per heavy atom. The van der Waals surface area contributed by atoms with Gasteiger partial charge in [0.2, 0.25) is 0 Å². The molecule has 1 aliphatic carbocycles. The van der Waals surface area contributed by atoms with E-state index in [-0.39, 0.29) is 6.10 Å². The number of carboxylic acid groups (broad SMARTS) is 1. The normalized spacial score (nSPS) is 32.7. The molecule has 0 aromatic carbocycles. The lowest BCUT2D eigenvalue weighted by Gasteiger charge is -2.47. The molecule has 0 unspecified atom stereocenters. The molecule has 0 aliphatic heterocycles. The summed E-state index contributed by atoms with van der Waals surface area (Å²) >= 11 is 0. The van der Waals surface area contributed by atoms with Gasteiger partial charge in [-0.05, 0) is 26.7 Å². The van der Waals surface area contributed by atoms with Crippen molar-refractivity contribution in [1.82, 2.24) is 0 Å². The molecule has 0 aromatic rings. The summed E-state index contributed by atoms with van der Waals surface area (Å²) in [5.74, 6) is -0.978. The predicted molar refractivity (Wildman–Crippen MR) is 55.6 cm³/mol. The minimum Gasteiger partial charge on any atom is -0.481 e. The molecule has 0 saturated heterocycles. The van der Waals surface area contributed by atoms with Gasteiger partial charge >= 0.3 is 5.97 Å². The van der Waals surface area contributed by atoms with Gasteiger partial charge in [-0.25, -0.2) is 0 Å². The highest BCUT2D eigenvalue weighted by Crippen LogP contribution is 2.43. The fourth-order valence-electron chi connectivity index (χ4n) is 2.34. The molecule has 4 heteroatoms. The van der Waals surface area contributed by atoms with Crippen LogP contribution in [0.15, 0.2) is 0 Å². The quantitative estimate of drug-likeness (QED) is 0.748. The predicted octanol–water partition coefficient (Wildman–Crippen LogP) is 1.42. The molecule has 1 rings (SSSR count). The van der Waals surface area contributed by atoms with Crippen LogP contribution < -0.4 is 0 Å². The van der Waals surface area contributed by atoms with Gasteiger partial charge in [-0.3, -0.25) is 4.79 Å². The molecule has 0 heterocycles. The van der Waals surface area contributed by atoms with E-state index in [0.717, 1.165) is 19.3 Å². The molecule has 0 bridgehead atoms. The molecule has 0 aromatic heterocycles. The van der Waals surface area contributed by atoms with E-state index in [4.69, 9.17) is 9.84 Å². The fourth-order valence-corrected chi connectivity index (χ4v) is 2.34. The Kier molecular flexibility index (Phi) is 3.41. The Labute approximate surface area is 90.2 Å². The number of aliphatic hydroxyl groups is 1. The van der Waals surface area contributed by atoms with Crippen molar-refractivity contribution in [3.8, 4) is 0 Å². The van der Waals surface area contributed by atoms with Crippen molar-refractivity contribution in [2.45, 2.75) is 51.2 Å². The largest absolute Gasteiger partial charge is 0.481 e. The van der Waals surface area contributed by atoms with Crippen LogP contribution in [0.5, 0.6) is 0 Å². The summed E-state index contributed by atoms with van der Waals surface area (Å²) in [7, 11) is 1.53. The second kappa shape index (κ2) is 4.10. The molecular weight excluding hydrogens is 196 g/mol. The Morgan fingerprint density at radius 1 is 1.47 bits per heavy atom. The fraction of sp³-hybridized carbons (Fsp3) is 0.909. The topological polar surface area (TPSA) is 66.8 Å². The summed E-state index contributed by atoms with van der Waals surface area (Å²) in [6, 6.07) is 0. The molecule has 1 aliphatic rings. The minimum absolute atomic E-state index is 0.377. The molecule has 2 N–H and O–H groups in total. The molecule has 0 amide bonds. The second-order valence-electron chi connectivity index (χ2n) is 4.82. The van der Waals surface area contributed by atoms with E-state index in [9.17, 15) is 9.90 Å². The van der Waals surface area contributed by atoms with E-state index in [2.05, 4.69) is 0 Å². The Morgan fingerprint density at radius 3 is 2.53 bits per heavy atom. The van der Waals surface area contributed by atoms with E-state index < -0.39 is 17.0 Å². The van der Waals surface area contributed by atoms with Crippen molar-refractivity contribution >= 4 is 5.97 Å². The molecule has 88 valence electrons. The van der Waals surface area contributed by atoms with Crippen LogP contribution in [0.4, 0.5) is 0 Å². The monoisotopic (exact) mass is 216 g/mol. The first-order valence-electron chi connectivity index (χ1n) is 5.35. The maximum absolute atomic E-state index is 11.2. The number of hydrogen-bond donors (Lipinski definition) is 2. The number of carbonyl (C=O) groups is 1. The van der Waals surface area contributed by atoms with Gasteiger partial charge in [-0.2, -0.15) is 0 Å². The number of methoxy groups -OCH3 is 1. The molecule has 4 nitrogen and oxygen atoms in total. The Bertz CT molecular complexity index is 249. The highest BCUT2D eigenvalue weighted by molar-refractivity contribution is 5.75. The lowest BCUT2D eigenvalue weighted by atomic mass is 9.65. The molecule has 2 atom stereocenters. The maximum atomic E-state index is 11.2. The van der Waals surface area contributed by atoms with E-state index >= 15 is 0 Å². The standard InChI is InChI=1S/C11H20O4/c1-10(2,9(12)13)11(14)7-5-4-6-8(11)15-3/h8,14H,4-7H2,1-3H3,(H,12,13)/t8-,11+/m1/s1. The van der Waals surface area contributed by atoms with Crippen molar-refractivity contribution in [3.63, 3.8) is 0 Å². The van der Waals surface area contributed by atoms with E-state index in [1.165, 1.54) is 7.11 Å². The van der Waals surface area contributed by atoms with Gasteiger partial charge in [0.1, 0.15) is 5.60 Å². The lowest BCUT2D eigenvalue weighted by molar-refractivity contribution is -0.197. The summed E-state index contributed by atoms with van der Waals surface area (Å²) < 4.78 is 5.23. The van der Waals surface area contributed by atoms with Gasteiger partial charge in [0, 0.05) is 7.11 Å². The van der Waals surface area contributed by atoms with E-state index in [0.29, 0.717) is 6.42 Å². The highest BCUT2D eigenvalue weighted by atomic mass is 16.5. The summed E-state index contributed by atoms with van der Waals surface area (Å²) in [5.41, 5.74) is -2.43. The van der Waals surface area contributed by atoms with Crippen LogP contribution in [0.2, 0.25) is 0 Å². The molecule has 1 saturated carbocycles. The summed E-state index contributed by atoms with van der Waals surface area (Å²) in [6.07, 6.45) is 2.68. The molecule has 15 heavy (non-hydrogen) atoms. The summed E-state index contributed by atoms with van der Waals surface area (Å²) in [6.45, 7) is 3.12. The number of carboxylic acids is 1. The third-order valence-electron chi connectivity index (χ3n) is 3.71. The van der Waals surface area contributed by atoms with Crippen LogP contribution in [0.25, 0.3) is 0 Å². The van der Waals surface area contributed by atoms with Gasteiger partial charge in [-0.1, -0.05) is 12.8 Å². The number of hydrogen-bond acceptors (Lipinski definition) is 3. The van der Waals surface area contributed by atoms with Crippen LogP contribution in [0.1, 0.15) is 39.5 Å². The van der Waals surface area contributed by atoms with E-state index in [1.54, 1.807) is 13.8 Å². The third-order valence-corrected chi connectivity index (χ3v) is 3.71. The van der Waals surface area contributed by atoms with Crippen molar-refractivity contribution in [1.29, 1.82) is 0 Å². The second-order valence-corrected chi connectivity index (χ2v) is 4.82. The number of ether oxygens (including phenoxy) is 1. The molecule has 0 radical (unpaired) electrons. The Balaban J connectivity index is 3.00. The van der Waals surface area contributed by atoms with Crippen molar-refractivity contribution in [2.75, 3.05) is 7.11 Å². The average Bonchev–Trinajstić information content (AvgIpc) is 2.18. The first kappa shape index (κ1) is 12.5. The SMILES string of the molecule is CO[C@@H]1CCCC[C@@]1(O)C(C)(C)C(=O)O. The third kappa shape index (κ3) is 1.88. The zero-order valence-electron chi connectivity index (χ0n) is 9.62.